The quantitative estimate of drug-likeness (QED) is 0.235. The molecule has 9 nitrogen and oxygen atoms in total. The highest BCUT2D eigenvalue weighted by atomic mass is 35.5. The maximum atomic E-state index is 13.9. The third kappa shape index (κ3) is 6.34. The number of aromatic amines is 1. The van der Waals surface area contributed by atoms with Gasteiger partial charge in [0.2, 0.25) is 5.95 Å². The van der Waals surface area contributed by atoms with Gasteiger partial charge in [-0.3, -0.25) is 9.36 Å². The van der Waals surface area contributed by atoms with Gasteiger partial charge in [-0.25, -0.2) is 36.1 Å². The van der Waals surface area contributed by atoms with Gasteiger partial charge in [-0.2, -0.15) is 4.98 Å². The summed E-state index contributed by atoms with van der Waals surface area (Å²) in [5, 5.41) is 2.58. The molecule has 4 rings (SSSR count). The van der Waals surface area contributed by atoms with E-state index < -0.39 is 66.5 Å². The van der Waals surface area contributed by atoms with Crippen LogP contribution in [-0.2, 0) is 13.1 Å². The smallest absolute Gasteiger partial charge is 0.355 e. The lowest BCUT2D eigenvalue weighted by Crippen LogP contribution is -2.43. The van der Waals surface area contributed by atoms with Crippen molar-refractivity contribution in [3.63, 3.8) is 0 Å². The van der Waals surface area contributed by atoms with Crippen molar-refractivity contribution in [1.29, 1.82) is 0 Å². The summed E-state index contributed by atoms with van der Waals surface area (Å²) in [6, 6.07) is 7.96. The highest BCUT2D eigenvalue weighted by molar-refractivity contribution is 6.33. The lowest BCUT2D eigenvalue weighted by molar-refractivity contribution is 0.0819. The molecule has 2 N–H and O–H groups in total. The molecule has 0 saturated carbocycles. The highest BCUT2D eigenvalue weighted by Gasteiger charge is 2.18. The minimum absolute atomic E-state index is 0.0111. The van der Waals surface area contributed by atoms with Crippen LogP contribution in [0.1, 0.15) is 11.1 Å². The molecule has 204 valence electrons. The summed E-state index contributed by atoms with van der Waals surface area (Å²) in [6.45, 7) is -1.94. The van der Waals surface area contributed by atoms with Crippen LogP contribution in [0.15, 0.2) is 63.0 Å². The summed E-state index contributed by atoms with van der Waals surface area (Å²) in [7, 11) is 0. The Hall–Kier alpha value is -4.46. The number of benzene rings is 2. The third-order valence-electron chi connectivity index (χ3n) is 5.33. The average Bonchev–Trinajstić information content (AvgIpc) is 2.88. The number of rotatable bonds is 9. The Morgan fingerprint density at radius 2 is 1.72 bits per heavy atom. The van der Waals surface area contributed by atoms with Crippen molar-refractivity contribution in [2.45, 2.75) is 19.5 Å². The molecule has 0 aliphatic carbocycles. The monoisotopic (exact) mass is 569 g/mol. The Morgan fingerprint density at radius 3 is 2.36 bits per heavy atom. The number of pyridine rings is 1. The van der Waals surface area contributed by atoms with Crippen LogP contribution in [-0.4, -0.2) is 32.1 Å². The molecule has 0 saturated heterocycles. The van der Waals surface area contributed by atoms with Gasteiger partial charge in [-0.05, 0) is 35.9 Å². The molecule has 2 aromatic heterocycles. The van der Waals surface area contributed by atoms with E-state index in [1.165, 1.54) is 36.5 Å². The van der Waals surface area contributed by atoms with E-state index in [9.17, 15) is 36.3 Å². The van der Waals surface area contributed by atoms with Gasteiger partial charge >= 0.3 is 11.4 Å². The molecular weight excluding hydrogens is 553 g/mol. The van der Waals surface area contributed by atoms with E-state index in [0.29, 0.717) is 16.7 Å². The molecule has 0 unspecified atom stereocenters. The third-order valence-corrected chi connectivity index (χ3v) is 5.64. The fourth-order valence-corrected chi connectivity index (χ4v) is 3.72. The number of halogens is 6. The van der Waals surface area contributed by atoms with Crippen LogP contribution in [0, 0.1) is 17.5 Å². The average molecular weight is 570 g/mol. The topological polar surface area (TPSA) is 111 Å². The highest BCUT2D eigenvalue weighted by Crippen LogP contribution is 2.29. The Balaban J connectivity index is 1.79. The molecule has 4 aromatic rings. The minimum Gasteiger partial charge on any atom is -0.488 e. The van der Waals surface area contributed by atoms with E-state index in [1.54, 1.807) is 0 Å². The normalized spacial score (nSPS) is 11.2. The van der Waals surface area contributed by atoms with Gasteiger partial charge in [-0.15, -0.1) is 0 Å². The van der Waals surface area contributed by atoms with Crippen molar-refractivity contribution in [2.75, 3.05) is 11.9 Å². The minimum atomic E-state index is -2.72. The Labute approximate surface area is 220 Å². The van der Waals surface area contributed by atoms with E-state index in [4.69, 9.17) is 16.3 Å². The molecule has 2 heterocycles. The van der Waals surface area contributed by atoms with Gasteiger partial charge in [0.05, 0.1) is 23.8 Å². The number of ether oxygens (including phenoxy) is 1. The van der Waals surface area contributed by atoms with E-state index in [0.717, 1.165) is 4.57 Å². The maximum absolute atomic E-state index is 13.9. The lowest BCUT2D eigenvalue weighted by Gasteiger charge is -2.17. The SMILES string of the molecule is O=c1[nH]cccc1Cn1c(=O)nc(Nc2ccc(OCC(F)F)cc2Cl)n(Cc2cc(F)c(F)c(F)c2)c1=O. The standard InChI is InChI=1S/C24H17ClF5N5O4/c25-15-8-14(39-11-19(28)29)3-4-18(15)32-22-33-23(37)35(10-13-2-1-5-31-21(13)36)24(38)34(22)9-12-6-16(26)20(30)17(27)7-12/h1-8,19H,9-11H2,(H,31,36)(H,32,33,37). The molecule has 0 spiro atoms. The van der Waals surface area contributed by atoms with Crippen molar-refractivity contribution in [3.05, 3.63) is 114 Å². The molecule has 0 aliphatic heterocycles. The Kier molecular flexibility index (Phi) is 8.14. The summed E-state index contributed by atoms with van der Waals surface area (Å²) in [5.41, 5.74) is -2.75. The number of hydrogen-bond acceptors (Lipinski definition) is 6. The molecule has 0 amide bonds. The Bertz CT molecular complexity index is 1680. The summed E-state index contributed by atoms with van der Waals surface area (Å²) < 4.78 is 72.4. The van der Waals surface area contributed by atoms with Crippen molar-refractivity contribution in [1.82, 2.24) is 19.1 Å². The second-order valence-corrected chi connectivity index (χ2v) is 8.45. The summed E-state index contributed by atoms with van der Waals surface area (Å²) >= 11 is 6.19. The first-order valence-electron chi connectivity index (χ1n) is 11.0. The van der Waals surface area contributed by atoms with Gasteiger partial charge in [0.1, 0.15) is 12.4 Å². The van der Waals surface area contributed by atoms with Gasteiger partial charge in [0, 0.05) is 17.8 Å². The molecule has 15 heteroatoms. The van der Waals surface area contributed by atoms with Crippen LogP contribution < -0.4 is 27.0 Å². The van der Waals surface area contributed by atoms with E-state index in [-0.39, 0.29) is 27.6 Å². The number of aromatic nitrogens is 4. The fraction of sp³-hybridized carbons (Fsp3) is 0.167. The zero-order valence-electron chi connectivity index (χ0n) is 19.6. The largest absolute Gasteiger partial charge is 0.488 e. The van der Waals surface area contributed by atoms with Crippen LogP contribution in [0.3, 0.4) is 0 Å². The van der Waals surface area contributed by atoms with Crippen molar-refractivity contribution in [3.8, 4) is 5.75 Å². The number of alkyl halides is 2. The second kappa shape index (κ2) is 11.5. The molecule has 0 fully saturated rings. The Morgan fingerprint density at radius 1 is 1.00 bits per heavy atom. The second-order valence-electron chi connectivity index (χ2n) is 8.04. The predicted octanol–water partition coefficient (Wildman–Crippen LogP) is 3.65. The molecule has 0 aliphatic rings. The number of H-pyrrole nitrogens is 1. The zero-order valence-corrected chi connectivity index (χ0v) is 20.3. The van der Waals surface area contributed by atoms with E-state index in [2.05, 4.69) is 15.3 Å². The summed E-state index contributed by atoms with van der Waals surface area (Å²) in [5.74, 6) is -5.13. The first-order chi connectivity index (χ1) is 18.5. The predicted molar refractivity (Wildman–Crippen MR) is 131 cm³/mol. The van der Waals surface area contributed by atoms with Gasteiger partial charge in [-0.1, -0.05) is 17.7 Å². The van der Waals surface area contributed by atoms with E-state index >= 15 is 0 Å². The van der Waals surface area contributed by atoms with Crippen LogP contribution in [0.2, 0.25) is 5.02 Å². The van der Waals surface area contributed by atoms with Crippen LogP contribution in [0.25, 0.3) is 0 Å². The molecule has 2 aromatic carbocycles. The van der Waals surface area contributed by atoms with Gasteiger partial charge in [0.15, 0.2) is 17.5 Å². The van der Waals surface area contributed by atoms with E-state index in [1.807, 2.05) is 0 Å². The summed E-state index contributed by atoms with van der Waals surface area (Å²) in [6.07, 6.45) is -1.37. The zero-order chi connectivity index (χ0) is 28.3. The van der Waals surface area contributed by atoms with Crippen LogP contribution in [0.4, 0.5) is 33.6 Å². The van der Waals surface area contributed by atoms with Gasteiger partial charge in [0.25, 0.3) is 12.0 Å². The first-order valence-corrected chi connectivity index (χ1v) is 11.4. The molecule has 0 radical (unpaired) electrons. The van der Waals surface area contributed by atoms with Crippen molar-refractivity contribution < 1.29 is 26.7 Å². The van der Waals surface area contributed by atoms with Crippen LogP contribution in [0.5, 0.6) is 5.75 Å². The number of anilines is 2. The molecule has 0 atom stereocenters. The summed E-state index contributed by atoms with van der Waals surface area (Å²) in [4.78, 5) is 44.5. The number of nitrogens with one attached hydrogen (secondary N) is 2. The number of hydrogen-bond donors (Lipinski definition) is 2. The van der Waals surface area contributed by atoms with Crippen LogP contribution >= 0.6 is 11.6 Å². The molecule has 0 bridgehead atoms. The number of nitrogens with zero attached hydrogens (tertiary/aromatic N) is 3. The lowest BCUT2D eigenvalue weighted by atomic mass is 10.2. The molecule has 39 heavy (non-hydrogen) atoms. The maximum Gasteiger partial charge on any atom is 0.355 e. The first kappa shape index (κ1) is 27.6. The fourth-order valence-electron chi connectivity index (χ4n) is 3.50. The molecular formula is C24H17ClF5N5O4. The van der Waals surface area contributed by atoms with Crippen molar-refractivity contribution >= 4 is 23.2 Å². The van der Waals surface area contributed by atoms with Crippen molar-refractivity contribution in [2.24, 2.45) is 0 Å². The van der Waals surface area contributed by atoms with Gasteiger partial charge < -0.3 is 15.0 Å².